The Hall–Kier alpha value is -0.830. The van der Waals surface area contributed by atoms with Crippen molar-refractivity contribution in [1.82, 2.24) is 4.90 Å². The van der Waals surface area contributed by atoms with Gasteiger partial charge in [0.15, 0.2) is 0 Å². The van der Waals surface area contributed by atoms with E-state index in [-0.39, 0.29) is 11.9 Å². The van der Waals surface area contributed by atoms with Gasteiger partial charge >= 0.3 is 0 Å². The first-order valence-electron chi connectivity index (χ1n) is 5.70. The topological polar surface area (TPSA) is 46.3 Å². The van der Waals surface area contributed by atoms with Crippen molar-refractivity contribution in [2.45, 2.75) is 39.7 Å². The van der Waals surface area contributed by atoms with Crippen molar-refractivity contribution < 1.29 is 4.79 Å². The maximum atomic E-state index is 12.0. The van der Waals surface area contributed by atoms with Gasteiger partial charge in [0, 0.05) is 13.1 Å². The number of nitrogens with zero attached hydrogens (tertiary/aromatic N) is 1. The largest absolute Gasteiger partial charge is 0.337 e. The van der Waals surface area contributed by atoms with E-state index in [0.29, 0.717) is 5.92 Å². The van der Waals surface area contributed by atoms with Gasteiger partial charge in [-0.15, -0.1) is 0 Å². The summed E-state index contributed by atoms with van der Waals surface area (Å²) >= 11 is 0. The van der Waals surface area contributed by atoms with E-state index in [1.165, 1.54) is 5.57 Å². The molecule has 0 unspecified atom stereocenters. The summed E-state index contributed by atoms with van der Waals surface area (Å²) in [6.45, 7) is 7.82. The number of nitrogens with two attached hydrogens (primary N) is 1. The minimum absolute atomic E-state index is 0.108. The molecule has 3 nitrogen and oxygen atoms in total. The van der Waals surface area contributed by atoms with Crippen LogP contribution in [-0.4, -0.2) is 29.9 Å². The van der Waals surface area contributed by atoms with E-state index >= 15 is 0 Å². The monoisotopic (exact) mass is 210 g/mol. The highest BCUT2D eigenvalue weighted by molar-refractivity contribution is 5.82. The Bertz CT molecular complexity index is 258. The van der Waals surface area contributed by atoms with Gasteiger partial charge < -0.3 is 10.6 Å². The standard InChI is InChI=1S/C12H22N2O/c1-9(2)7-11(13)12(15)14-6-4-5-10(3)8-14/h5,9,11H,4,6-8,13H2,1-3H3/t11-/m1/s1. The van der Waals surface area contributed by atoms with E-state index in [2.05, 4.69) is 26.8 Å². The quantitative estimate of drug-likeness (QED) is 0.718. The van der Waals surface area contributed by atoms with Crippen molar-refractivity contribution in [2.24, 2.45) is 11.7 Å². The number of carbonyl (C=O) groups is 1. The van der Waals surface area contributed by atoms with Crippen LogP contribution in [0.25, 0.3) is 0 Å². The second kappa shape index (κ2) is 5.31. The summed E-state index contributed by atoms with van der Waals surface area (Å²) in [5.41, 5.74) is 7.15. The highest BCUT2D eigenvalue weighted by atomic mass is 16.2. The normalized spacial score (nSPS) is 19.0. The number of hydrogen-bond acceptors (Lipinski definition) is 2. The molecule has 1 heterocycles. The highest BCUT2D eigenvalue weighted by Crippen LogP contribution is 2.12. The molecule has 0 spiro atoms. The van der Waals surface area contributed by atoms with Crippen LogP contribution in [0.5, 0.6) is 0 Å². The average Bonchev–Trinajstić information content (AvgIpc) is 2.15. The van der Waals surface area contributed by atoms with Gasteiger partial charge in [-0.05, 0) is 25.7 Å². The zero-order chi connectivity index (χ0) is 11.4. The molecule has 0 saturated heterocycles. The van der Waals surface area contributed by atoms with E-state index in [9.17, 15) is 4.79 Å². The second-order valence-electron chi connectivity index (χ2n) is 4.83. The molecule has 86 valence electrons. The zero-order valence-corrected chi connectivity index (χ0v) is 9.99. The van der Waals surface area contributed by atoms with Crippen molar-refractivity contribution in [3.8, 4) is 0 Å². The van der Waals surface area contributed by atoms with Crippen LogP contribution in [0.4, 0.5) is 0 Å². The summed E-state index contributed by atoms with van der Waals surface area (Å²) < 4.78 is 0. The lowest BCUT2D eigenvalue weighted by Gasteiger charge is -2.29. The van der Waals surface area contributed by atoms with Crippen LogP contribution in [-0.2, 0) is 4.79 Å². The Kier molecular flexibility index (Phi) is 4.33. The molecule has 2 N–H and O–H groups in total. The first kappa shape index (κ1) is 12.2. The Morgan fingerprint density at radius 1 is 1.60 bits per heavy atom. The molecule has 0 aliphatic carbocycles. The lowest BCUT2D eigenvalue weighted by atomic mass is 10.0. The molecule has 0 aromatic carbocycles. The first-order chi connectivity index (χ1) is 7.00. The summed E-state index contributed by atoms with van der Waals surface area (Å²) in [7, 11) is 0. The number of hydrogen-bond donors (Lipinski definition) is 1. The fourth-order valence-corrected chi connectivity index (χ4v) is 1.94. The second-order valence-corrected chi connectivity index (χ2v) is 4.83. The van der Waals surface area contributed by atoms with Crippen LogP contribution in [0.1, 0.15) is 33.6 Å². The van der Waals surface area contributed by atoms with Gasteiger partial charge in [0.05, 0.1) is 6.04 Å². The third kappa shape index (κ3) is 3.67. The Morgan fingerprint density at radius 2 is 2.27 bits per heavy atom. The van der Waals surface area contributed by atoms with Gasteiger partial charge in [-0.2, -0.15) is 0 Å². The van der Waals surface area contributed by atoms with E-state index < -0.39 is 0 Å². The summed E-state index contributed by atoms with van der Waals surface area (Å²) in [4.78, 5) is 13.8. The van der Waals surface area contributed by atoms with Crippen LogP contribution in [0.2, 0.25) is 0 Å². The first-order valence-corrected chi connectivity index (χ1v) is 5.70. The van der Waals surface area contributed by atoms with E-state index in [1.807, 2.05) is 4.90 Å². The van der Waals surface area contributed by atoms with Gasteiger partial charge in [-0.3, -0.25) is 4.79 Å². The number of carbonyl (C=O) groups excluding carboxylic acids is 1. The van der Waals surface area contributed by atoms with Gasteiger partial charge in [0.2, 0.25) is 5.91 Å². The molecule has 1 amide bonds. The molecule has 0 saturated carbocycles. The van der Waals surface area contributed by atoms with Crippen molar-refractivity contribution >= 4 is 5.91 Å². The number of rotatable bonds is 3. The van der Waals surface area contributed by atoms with Gasteiger partial charge in [-0.25, -0.2) is 0 Å². The molecule has 0 radical (unpaired) electrons. The van der Waals surface area contributed by atoms with Crippen molar-refractivity contribution in [3.63, 3.8) is 0 Å². The van der Waals surface area contributed by atoms with Crippen molar-refractivity contribution in [1.29, 1.82) is 0 Å². The SMILES string of the molecule is CC1=CCCN(C(=O)[C@H](N)CC(C)C)C1. The van der Waals surface area contributed by atoms with Crippen molar-refractivity contribution in [3.05, 3.63) is 11.6 Å². The fraction of sp³-hybridized carbons (Fsp3) is 0.750. The smallest absolute Gasteiger partial charge is 0.239 e. The molecular weight excluding hydrogens is 188 g/mol. The Morgan fingerprint density at radius 3 is 2.80 bits per heavy atom. The molecule has 1 atom stereocenters. The predicted octanol–water partition coefficient (Wildman–Crippen LogP) is 1.54. The summed E-state index contributed by atoms with van der Waals surface area (Å²) in [6, 6.07) is -0.323. The van der Waals surface area contributed by atoms with Crippen LogP contribution in [0.15, 0.2) is 11.6 Å². The maximum Gasteiger partial charge on any atom is 0.239 e. The molecule has 0 bridgehead atoms. The van der Waals surface area contributed by atoms with Gasteiger partial charge in [0.1, 0.15) is 0 Å². The van der Waals surface area contributed by atoms with Crippen LogP contribution >= 0.6 is 0 Å². The molecule has 1 aliphatic heterocycles. The lowest BCUT2D eigenvalue weighted by Crippen LogP contribution is -2.46. The maximum absolute atomic E-state index is 12.0. The summed E-state index contributed by atoms with van der Waals surface area (Å²) in [6.07, 6.45) is 3.93. The third-order valence-electron chi connectivity index (χ3n) is 2.69. The molecular formula is C12H22N2O. The van der Waals surface area contributed by atoms with Gasteiger partial charge in [0.25, 0.3) is 0 Å². The summed E-state index contributed by atoms with van der Waals surface area (Å²) in [5, 5.41) is 0. The van der Waals surface area contributed by atoms with E-state index in [0.717, 1.165) is 25.9 Å². The lowest BCUT2D eigenvalue weighted by molar-refractivity contribution is -0.132. The van der Waals surface area contributed by atoms with E-state index in [4.69, 9.17) is 5.73 Å². The van der Waals surface area contributed by atoms with Crippen molar-refractivity contribution in [2.75, 3.05) is 13.1 Å². The molecule has 1 aliphatic rings. The van der Waals surface area contributed by atoms with Crippen LogP contribution < -0.4 is 5.73 Å². The minimum atomic E-state index is -0.323. The Balaban J connectivity index is 2.49. The predicted molar refractivity (Wildman–Crippen MR) is 62.4 cm³/mol. The molecule has 3 heteroatoms. The molecule has 15 heavy (non-hydrogen) atoms. The third-order valence-corrected chi connectivity index (χ3v) is 2.69. The van der Waals surface area contributed by atoms with Crippen LogP contribution in [0.3, 0.4) is 0 Å². The fourth-order valence-electron chi connectivity index (χ4n) is 1.94. The zero-order valence-electron chi connectivity index (χ0n) is 9.99. The Labute approximate surface area is 92.3 Å². The summed E-state index contributed by atoms with van der Waals surface area (Å²) in [5.74, 6) is 0.585. The molecule has 1 rings (SSSR count). The molecule has 0 aromatic heterocycles. The highest BCUT2D eigenvalue weighted by Gasteiger charge is 2.22. The van der Waals surface area contributed by atoms with Gasteiger partial charge in [-0.1, -0.05) is 25.5 Å². The molecule has 0 aromatic rings. The van der Waals surface area contributed by atoms with E-state index in [1.54, 1.807) is 0 Å². The van der Waals surface area contributed by atoms with Crippen LogP contribution in [0, 0.1) is 5.92 Å². The average molecular weight is 210 g/mol. The minimum Gasteiger partial charge on any atom is -0.337 e. The molecule has 0 fully saturated rings. The number of amides is 1.